The summed E-state index contributed by atoms with van der Waals surface area (Å²) in [5.41, 5.74) is 3.17. The number of fused-ring (bicyclic) bond motifs is 1. The summed E-state index contributed by atoms with van der Waals surface area (Å²) in [4.78, 5) is 23.4. The number of carbonyl (C=O) groups excluding carboxylic acids is 1. The summed E-state index contributed by atoms with van der Waals surface area (Å²) < 4.78 is 5.88. The molecule has 138 valence electrons. The second kappa shape index (κ2) is 7.73. The predicted molar refractivity (Wildman–Crippen MR) is 106 cm³/mol. The number of nitrogens with zero attached hydrogens (tertiary/aromatic N) is 2. The van der Waals surface area contributed by atoms with Crippen molar-refractivity contribution in [3.8, 4) is 5.75 Å². The van der Waals surface area contributed by atoms with E-state index in [0.29, 0.717) is 21.2 Å². The third-order valence-electron chi connectivity index (χ3n) is 3.86. The van der Waals surface area contributed by atoms with Crippen LogP contribution in [0.3, 0.4) is 0 Å². The zero-order chi connectivity index (χ0) is 19.6. The van der Waals surface area contributed by atoms with Gasteiger partial charge in [-0.15, -0.1) is 11.3 Å². The molecule has 0 aliphatic heterocycles. The first-order chi connectivity index (χ1) is 12.9. The van der Waals surface area contributed by atoms with E-state index in [1.165, 1.54) is 30.6 Å². The highest BCUT2D eigenvalue weighted by molar-refractivity contribution is 7.21. The molecular weight excluding hydrogens is 390 g/mol. The molecule has 1 N–H and O–H groups in total. The van der Waals surface area contributed by atoms with Crippen LogP contribution in [0.1, 0.15) is 22.2 Å². The highest BCUT2D eigenvalue weighted by atomic mass is 35.5. The lowest BCUT2D eigenvalue weighted by Crippen LogP contribution is -2.18. The maximum atomic E-state index is 12.4. The molecule has 27 heavy (non-hydrogen) atoms. The quantitative estimate of drug-likeness (QED) is 0.382. The maximum absolute atomic E-state index is 12.4. The second-order valence-electron chi connectivity index (χ2n) is 5.52. The van der Waals surface area contributed by atoms with Crippen LogP contribution in [0.15, 0.2) is 47.6 Å². The fraction of sp³-hybridized carbons (Fsp3) is 0.111. The summed E-state index contributed by atoms with van der Waals surface area (Å²) in [7, 11) is 1.36. The molecular formula is C18H14ClN3O4S. The number of hydrogen-bond acceptors (Lipinski definition) is 6. The van der Waals surface area contributed by atoms with Gasteiger partial charge in [-0.25, -0.2) is 5.43 Å². The number of nitro groups is 1. The Kier molecular flexibility index (Phi) is 5.38. The number of hydrazone groups is 1. The van der Waals surface area contributed by atoms with Crippen LogP contribution in [0.2, 0.25) is 5.02 Å². The molecule has 0 aliphatic rings. The topological polar surface area (TPSA) is 93.8 Å². The molecule has 2 aromatic carbocycles. The van der Waals surface area contributed by atoms with Crippen LogP contribution in [-0.4, -0.2) is 23.7 Å². The third kappa shape index (κ3) is 3.76. The zero-order valence-electron chi connectivity index (χ0n) is 14.4. The number of halogens is 1. The smallest absolute Gasteiger partial charge is 0.311 e. The van der Waals surface area contributed by atoms with E-state index in [9.17, 15) is 14.9 Å². The van der Waals surface area contributed by atoms with Crippen LogP contribution in [-0.2, 0) is 0 Å². The fourth-order valence-corrected chi connectivity index (χ4v) is 3.87. The molecule has 3 aromatic rings. The number of rotatable bonds is 5. The van der Waals surface area contributed by atoms with Crippen LogP contribution in [0.5, 0.6) is 5.75 Å². The Morgan fingerprint density at radius 1 is 1.30 bits per heavy atom. The van der Waals surface area contributed by atoms with Crippen molar-refractivity contribution < 1.29 is 14.5 Å². The molecule has 0 fully saturated rings. The predicted octanol–water partition coefficient (Wildman–Crippen LogP) is 4.63. The lowest BCUT2D eigenvalue weighted by Gasteiger charge is -2.05. The first kappa shape index (κ1) is 18.8. The summed E-state index contributed by atoms with van der Waals surface area (Å²) in [5.74, 6) is -0.291. The van der Waals surface area contributed by atoms with Crippen LogP contribution < -0.4 is 10.2 Å². The van der Waals surface area contributed by atoms with Crippen molar-refractivity contribution in [1.29, 1.82) is 0 Å². The van der Waals surface area contributed by atoms with Gasteiger partial charge in [-0.05, 0) is 25.1 Å². The molecule has 0 atom stereocenters. The monoisotopic (exact) mass is 403 g/mol. The third-order valence-corrected chi connectivity index (χ3v) is 5.53. The van der Waals surface area contributed by atoms with Crippen LogP contribution in [0, 0.1) is 10.1 Å². The van der Waals surface area contributed by atoms with E-state index >= 15 is 0 Å². The van der Waals surface area contributed by atoms with Crippen molar-refractivity contribution in [2.24, 2.45) is 5.10 Å². The number of hydrogen-bond donors (Lipinski definition) is 1. The minimum absolute atomic E-state index is 0.151. The first-order valence-electron chi connectivity index (χ1n) is 7.77. The number of ether oxygens (including phenoxy) is 1. The highest BCUT2D eigenvalue weighted by Crippen LogP contribution is 2.35. The Bertz CT molecular complexity index is 1080. The van der Waals surface area contributed by atoms with Gasteiger partial charge >= 0.3 is 5.69 Å². The van der Waals surface area contributed by atoms with Gasteiger partial charge < -0.3 is 4.74 Å². The Morgan fingerprint density at radius 3 is 2.70 bits per heavy atom. The van der Waals surface area contributed by atoms with Gasteiger partial charge in [0.25, 0.3) is 5.91 Å². The van der Waals surface area contributed by atoms with Crippen LogP contribution >= 0.6 is 22.9 Å². The average molecular weight is 404 g/mol. The normalized spacial score (nSPS) is 11.4. The number of methoxy groups -OCH3 is 1. The molecule has 0 bridgehead atoms. The van der Waals surface area contributed by atoms with E-state index in [1.54, 1.807) is 13.0 Å². The minimum Gasteiger partial charge on any atom is -0.490 e. The fourth-order valence-electron chi connectivity index (χ4n) is 2.47. The molecule has 7 nitrogen and oxygen atoms in total. The Balaban J connectivity index is 1.84. The van der Waals surface area contributed by atoms with Crippen molar-refractivity contribution in [3.05, 3.63) is 68.0 Å². The minimum atomic E-state index is -0.537. The summed E-state index contributed by atoms with van der Waals surface area (Å²) in [6.07, 6.45) is 0. The molecule has 1 heterocycles. The van der Waals surface area contributed by atoms with Crippen LogP contribution in [0.25, 0.3) is 10.1 Å². The van der Waals surface area contributed by atoms with Crippen molar-refractivity contribution in [2.45, 2.75) is 6.92 Å². The largest absolute Gasteiger partial charge is 0.490 e. The highest BCUT2D eigenvalue weighted by Gasteiger charge is 2.18. The van der Waals surface area contributed by atoms with Gasteiger partial charge in [0.2, 0.25) is 0 Å². The van der Waals surface area contributed by atoms with Crippen molar-refractivity contribution in [3.63, 3.8) is 0 Å². The van der Waals surface area contributed by atoms with E-state index in [4.69, 9.17) is 16.3 Å². The molecule has 0 unspecified atom stereocenters. The number of nitro benzene ring substituents is 1. The zero-order valence-corrected chi connectivity index (χ0v) is 15.9. The van der Waals surface area contributed by atoms with Gasteiger partial charge in [-0.2, -0.15) is 5.10 Å². The van der Waals surface area contributed by atoms with Gasteiger partial charge in [-0.1, -0.05) is 29.8 Å². The lowest BCUT2D eigenvalue weighted by molar-refractivity contribution is -0.385. The second-order valence-corrected chi connectivity index (χ2v) is 6.95. The van der Waals surface area contributed by atoms with Crippen LogP contribution in [0.4, 0.5) is 5.69 Å². The van der Waals surface area contributed by atoms with Gasteiger partial charge in [0.1, 0.15) is 4.88 Å². The summed E-state index contributed by atoms with van der Waals surface area (Å²) >= 11 is 7.56. The number of nitrogens with one attached hydrogen (secondary N) is 1. The summed E-state index contributed by atoms with van der Waals surface area (Å²) in [6.45, 7) is 1.64. The van der Waals surface area contributed by atoms with E-state index in [1.807, 2.05) is 24.3 Å². The Morgan fingerprint density at radius 2 is 2.04 bits per heavy atom. The van der Waals surface area contributed by atoms with Gasteiger partial charge in [0.05, 0.1) is 22.8 Å². The van der Waals surface area contributed by atoms with Crippen molar-refractivity contribution in [1.82, 2.24) is 5.43 Å². The standard InChI is InChI=1S/C18H14ClN3O4S/c1-10(11-7-8-14(26-2)13(9-11)22(24)25)20-21-18(23)17-16(19)12-5-3-4-6-15(12)27-17/h3-9H,1-2H3,(H,21,23)/b20-10-. The molecule has 1 aromatic heterocycles. The van der Waals surface area contributed by atoms with Crippen molar-refractivity contribution in [2.75, 3.05) is 7.11 Å². The number of carbonyl (C=O) groups is 1. The Labute approximate surface area is 163 Å². The molecule has 0 radical (unpaired) electrons. The van der Waals surface area contributed by atoms with E-state index in [2.05, 4.69) is 10.5 Å². The van der Waals surface area contributed by atoms with E-state index in [0.717, 1.165) is 10.1 Å². The van der Waals surface area contributed by atoms with Crippen molar-refractivity contribution >= 4 is 50.3 Å². The molecule has 0 saturated heterocycles. The molecule has 0 saturated carbocycles. The van der Waals surface area contributed by atoms with E-state index < -0.39 is 10.8 Å². The Hall–Kier alpha value is -2.97. The molecule has 1 amide bonds. The van der Waals surface area contributed by atoms with Gasteiger partial charge in [0.15, 0.2) is 5.75 Å². The molecule has 0 aliphatic carbocycles. The summed E-state index contributed by atoms with van der Waals surface area (Å²) in [5, 5.41) is 16.4. The number of benzene rings is 2. The molecule has 0 spiro atoms. The number of amides is 1. The van der Waals surface area contributed by atoms with Gasteiger partial charge in [0, 0.05) is 21.7 Å². The lowest BCUT2D eigenvalue weighted by atomic mass is 10.1. The first-order valence-corrected chi connectivity index (χ1v) is 8.96. The maximum Gasteiger partial charge on any atom is 0.311 e. The molecule has 9 heteroatoms. The average Bonchev–Trinajstić information content (AvgIpc) is 3.02. The number of thiophene rings is 1. The van der Waals surface area contributed by atoms with Gasteiger partial charge in [-0.3, -0.25) is 14.9 Å². The van der Waals surface area contributed by atoms with E-state index in [-0.39, 0.29) is 11.4 Å². The SMILES string of the molecule is COc1ccc(/C(C)=N\NC(=O)c2sc3ccccc3c2Cl)cc1[N+](=O)[O-]. The summed E-state index contributed by atoms with van der Waals surface area (Å²) in [6, 6.07) is 11.9. The molecule has 3 rings (SSSR count).